The van der Waals surface area contributed by atoms with Crippen LogP contribution in [-0.2, 0) is 4.79 Å². The number of anilines is 2. The number of nitrogens with zero attached hydrogens (tertiary/aromatic N) is 3. The molecule has 0 aliphatic heterocycles. The number of rotatable bonds is 13. The van der Waals surface area contributed by atoms with E-state index in [1.807, 2.05) is 31.2 Å². The Balaban J connectivity index is 1.24. The van der Waals surface area contributed by atoms with Gasteiger partial charge in [-0.2, -0.15) is 0 Å². The molecule has 4 aromatic rings. The van der Waals surface area contributed by atoms with E-state index in [4.69, 9.17) is 15.2 Å². The van der Waals surface area contributed by atoms with Crippen LogP contribution in [0.2, 0.25) is 0 Å². The van der Waals surface area contributed by atoms with Crippen molar-refractivity contribution in [1.82, 2.24) is 15.0 Å². The molecule has 0 unspecified atom stereocenters. The maximum Gasteiger partial charge on any atom is 0.250 e. The standard InChI is InChI=1S/C30H34FN5O3/c1-20-23-15-21(22-16-24(31)30(38-2)33-18-22)17-27(29(23)35-19-34-20)39-14-10-6-4-3-5-7-13-28(37)36-26-12-9-8-11-25(26)32/h8-9,11-12,15-19H,3-7,10,13-14,32H2,1-2H3,(H,36,37). The Hall–Kier alpha value is -4.27. The van der Waals surface area contributed by atoms with Crippen LogP contribution >= 0.6 is 0 Å². The Bertz CT molecular complexity index is 1430. The monoisotopic (exact) mass is 531 g/mol. The summed E-state index contributed by atoms with van der Waals surface area (Å²) >= 11 is 0. The largest absolute Gasteiger partial charge is 0.491 e. The fraction of sp³-hybridized carbons (Fsp3) is 0.333. The van der Waals surface area contributed by atoms with Gasteiger partial charge in [-0.05, 0) is 55.7 Å². The minimum atomic E-state index is -0.528. The first kappa shape index (κ1) is 27.8. The summed E-state index contributed by atoms with van der Waals surface area (Å²) in [6.07, 6.45) is 9.45. The predicted octanol–water partition coefficient (Wildman–Crippen LogP) is 6.48. The van der Waals surface area contributed by atoms with Gasteiger partial charge in [0.25, 0.3) is 0 Å². The first-order chi connectivity index (χ1) is 19.0. The molecule has 0 saturated heterocycles. The average Bonchev–Trinajstić information content (AvgIpc) is 2.93. The molecule has 4 rings (SSSR count). The summed E-state index contributed by atoms with van der Waals surface area (Å²) in [5.41, 5.74) is 10.0. The van der Waals surface area contributed by atoms with Gasteiger partial charge in [-0.3, -0.25) is 4.79 Å². The van der Waals surface area contributed by atoms with Crippen molar-refractivity contribution >= 4 is 28.2 Å². The summed E-state index contributed by atoms with van der Waals surface area (Å²) in [5.74, 6) is 0.0496. The lowest BCUT2D eigenvalue weighted by Crippen LogP contribution is -2.12. The number of carbonyl (C=O) groups is 1. The van der Waals surface area contributed by atoms with Crippen molar-refractivity contribution in [3.63, 3.8) is 0 Å². The number of amides is 1. The second kappa shape index (κ2) is 13.5. The summed E-state index contributed by atoms with van der Waals surface area (Å²) in [7, 11) is 1.39. The van der Waals surface area contributed by atoms with E-state index in [9.17, 15) is 9.18 Å². The van der Waals surface area contributed by atoms with Crippen molar-refractivity contribution in [2.24, 2.45) is 0 Å². The van der Waals surface area contributed by atoms with Crippen LogP contribution in [0.25, 0.3) is 22.0 Å². The Morgan fingerprint density at radius 2 is 1.74 bits per heavy atom. The van der Waals surface area contributed by atoms with Crippen LogP contribution in [0.5, 0.6) is 11.6 Å². The van der Waals surface area contributed by atoms with Gasteiger partial charge < -0.3 is 20.5 Å². The Morgan fingerprint density at radius 1 is 0.974 bits per heavy atom. The molecular weight excluding hydrogens is 497 g/mol. The van der Waals surface area contributed by atoms with Crippen LogP contribution < -0.4 is 20.5 Å². The number of halogens is 1. The molecule has 0 spiro atoms. The van der Waals surface area contributed by atoms with Crippen molar-refractivity contribution in [1.29, 1.82) is 0 Å². The number of nitrogens with two attached hydrogens (primary N) is 1. The molecule has 2 heterocycles. The Morgan fingerprint density at radius 3 is 2.51 bits per heavy atom. The van der Waals surface area contributed by atoms with E-state index in [1.54, 1.807) is 18.3 Å². The SMILES string of the molecule is COc1ncc(-c2cc(OCCCCCCCCC(=O)Nc3ccccc3N)c3ncnc(C)c3c2)cc1F. The van der Waals surface area contributed by atoms with Gasteiger partial charge in [-0.25, -0.2) is 19.3 Å². The van der Waals surface area contributed by atoms with E-state index in [-0.39, 0.29) is 11.8 Å². The van der Waals surface area contributed by atoms with E-state index in [2.05, 4.69) is 20.3 Å². The summed E-state index contributed by atoms with van der Waals surface area (Å²) in [6.45, 7) is 2.45. The van der Waals surface area contributed by atoms with Crippen LogP contribution in [-0.4, -0.2) is 34.6 Å². The van der Waals surface area contributed by atoms with Crippen molar-refractivity contribution < 1.29 is 18.7 Å². The first-order valence-corrected chi connectivity index (χ1v) is 13.2. The molecule has 0 aliphatic carbocycles. The van der Waals surface area contributed by atoms with Gasteiger partial charge in [0.1, 0.15) is 17.6 Å². The van der Waals surface area contributed by atoms with Crippen molar-refractivity contribution in [2.75, 3.05) is 24.8 Å². The number of pyridine rings is 1. The molecule has 0 aliphatic rings. The fourth-order valence-corrected chi connectivity index (χ4v) is 4.37. The van der Waals surface area contributed by atoms with Gasteiger partial charge in [-0.1, -0.05) is 37.8 Å². The van der Waals surface area contributed by atoms with E-state index in [1.165, 1.54) is 19.5 Å². The molecule has 204 valence electrons. The smallest absolute Gasteiger partial charge is 0.250 e. The second-order valence-corrected chi connectivity index (χ2v) is 9.40. The topological polar surface area (TPSA) is 112 Å². The number of aromatic nitrogens is 3. The number of aryl methyl sites for hydroxylation is 1. The van der Waals surface area contributed by atoms with Gasteiger partial charge in [0, 0.05) is 29.3 Å². The van der Waals surface area contributed by atoms with E-state index < -0.39 is 5.82 Å². The lowest BCUT2D eigenvalue weighted by Gasteiger charge is -2.13. The Labute approximate surface area is 227 Å². The lowest BCUT2D eigenvalue weighted by atomic mass is 10.0. The van der Waals surface area contributed by atoms with Gasteiger partial charge in [0.15, 0.2) is 5.82 Å². The highest BCUT2D eigenvalue weighted by molar-refractivity contribution is 5.93. The number of hydrogen-bond donors (Lipinski definition) is 2. The minimum absolute atomic E-state index is 0.0111. The zero-order chi connectivity index (χ0) is 27.6. The summed E-state index contributed by atoms with van der Waals surface area (Å²) in [5, 5.41) is 3.71. The van der Waals surface area contributed by atoms with Crippen LogP contribution in [0.1, 0.15) is 50.6 Å². The molecule has 0 fully saturated rings. The quantitative estimate of drug-likeness (QED) is 0.150. The molecule has 9 heteroatoms. The lowest BCUT2D eigenvalue weighted by molar-refractivity contribution is -0.116. The van der Waals surface area contributed by atoms with E-state index >= 15 is 0 Å². The van der Waals surface area contributed by atoms with E-state index in [0.717, 1.165) is 60.7 Å². The molecule has 8 nitrogen and oxygen atoms in total. The molecule has 0 saturated carbocycles. The normalized spacial score (nSPS) is 10.9. The molecular formula is C30H34FN5O3. The molecule has 1 amide bonds. The van der Waals surface area contributed by atoms with Crippen LogP contribution in [0, 0.1) is 12.7 Å². The van der Waals surface area contributed by atoms with E-state index in [0.29, 0.717) is 35.7 Å². The fourth-order valence-electron chi connectivity index (χ4n) is 4.37. The molecule has 2 aromatic heterocycles. The highest BCUT2D eigenvalue weighted by Crippen LogP contribution is 2.33. The van der Waals surface area contributed by atoms with Gasteiger partial charge >= 0.3 is 0 Å². The maximum absolute atomic E-state index is 14.3. The van der Waals surface area contributed by atoms with Crippen molar-refractivity contribution in [2.45, 2.75) is 51.9 Å². The number of nitrogens with one attached hydrogen (secondary N) is 1. The summed E-state index contributed by atoms with van der Waals surface area (Å²) in [6, 6.07) is 12.5. The number of hydrogen-bond acceptors (Lipinski definition) is 7. The summed E-state index contributed by atoms with van der Waals surface area (Å²) in [4.78, 5) is 24.9. The maximum atomic E-state index is 14.3. The number of benzene rings is 2. The third kappa shape index (κ3) is 7.40. The number of fused-ring (bicyclic) bond motifs is 1. The molecule has 2 aromatic carbocycles. The number of ether oxygens (including phenoxy) is 2. The molecule has 39 heavy (non-hydrogen) atoms. The predicted molar refractivity (Wildman–Crippen MR) is 151 cm³/mol. The zero-order valence-electron chi connectivity index (χ0n) is 22.4. The zero-order valence-corrected chi connectivity index (χ0v) is 22.4. The van der Waals surface area contributed by atoms with Crippen LogP contribution in [0.3, 0.4) is 0 Å². The third-order valence-corrected chi connectivity index (χ3v) is 6.53. The van der Waals surface area contributed by atoms with Gasteiger partial charge in [0.05, 0.1) is 25.1 Å². The molecule has 0 bridgehead atoms. The molecule has 0 atom stereocenters. The van der Waals surface area contributed by atoms with Gasteiger partial charge in [0.2, 0.25) is 11.8 Å². The van der Waals surface area contributed by atoms with Crippen LogP contribution in [0.15, 0.2) is 55.0 Å². The number of nitrogen functional groups attached to an aromatic ring is 1. The van der Waals surface area contributed by atoms with Crippen molar-refractivity contribution in [3.05, 3.63) is 66.5 Å². The summed E-state index contributed by atoms with van der Waals surface area (Å²) < 4.78 is 25.4. The minimum Gasteiger partial charge on any atom is -0.491 e. The Kier molecular flexibility index (Phi) is 9.61. The number of para-hydroxylation sites is 2. The number of methoxy groups -OCH3 is 1. The highest BCUT2D eigenvalue weighted by Gasteiger charge is 2.13. The van der Waals surface area contributed by atoms with Gasteiger partial charge in [-0.15, -0.1) is 0 Å². The second-order valence-electron chi connectivity index (χ2n) is 9.40. The molecule has 3 N–H and O–H groups in total. The average molecular weight is 532 g/mol. The number of unbranched alkanes of at least 4 members (excludes halogenated alkanes) is 5. The number of carbonyl (C=O) groups excluding carboxylic acids is 1. The van der Waals surface area contributed by atoms with Crippen molar-refractivity contribution in [3.8, 4) is 22.8 Å². The first-order valence-electron chi connectivity index (χ1n) is 13.2. The highest BCUT2D eigenvalue weighted by atomic mass is 19.1. The van der Waals surface area contributed by atoms with Crippen LogP contribution in [0.4, 0.5) is 15.8 Å². The third-order valence-electron chi connectivity index (χ3n) is 6.53. The molecule has 0 radical (unpaired) electrons.